The van der Waals surface area contributed by atoms with Crippen molar-refractivity contribution in [1.29, 1.82) is 0 Å². The molecular weight excluding hydrogens is 488 g/mol. The Kier molecular flexibility index (Phi) is 6.47. The maximum absolute atomic E-state index is 16.2. The van der Waals surface area contributed by atoms with Crippen molar-refractivity contribution in [2.75, 3.05) is 38.6 Å². The summed E-state index contributed by atoms with van der Waals surface area (Å²) in [5, 5.41) is 6.06. The van der Waals surface area contributed by atoms with Crippen LogP contribution in [0.2, 0.25) is 0 Å². The number of ether oxygens (including phenoxy) is 1. The molecule has 2 fully saturated rings. The van der Waals surface area contributed by atoms with Gasteiger partial charge in [0, 0.05) is 30.1 Å². The van der Waals surface area contributed by atoms with Gasteiger partial charge in [0.1, 0.15) is 17.9 Å². The third kappa shape index (κ3) is 4.60. The lowest BCUT2D eigenvalue weighted by Gasteiger charge is -2.19. The van der Waals surface area contributed by atoms with E-state index in [4.69, 9.17) is 4.74 Å². The van der Waals surface area contributed by atoms with Crippen LogP contribution in [0, 0.1) is 11.7 Å². The van der Waals surface area contributed by atoms with Gasteiger partial charge in [0.05, 0.1) is 0 Å². The summed E-state index contributed by atoms with van der Waals surface area (Å²) in [6.07, 6.45) is 4.37. The Morgan fingerprint density at radius 2 is 2.08 bits per heavy atom. The first-order valence-corrected chi connectivity index (χ1v) is 13.2. The number of likely N-dealkylation sites (tertiary alicyclic amines) is 1. The van der Waals surface area contributed by atoms with Crippen LogP contribution in [0.25, 0.3) is 22.0 Å². The quantitative estimate of drug-likeness (QED) is 0.318. The monoisotopic (exact) mass is 519 g/mol. The van der Waals surface area contributed by atoms with E-state index in [1.54, 1.807) is 6.07 Å². The number of halogens is 2. The van der Waals surface area contributed by atoms with Crippen LogP contribution in [0.1, 0.15) is 36.3 Å². The highest BCUT2D eigenvalue weighted by Crippen LogP contribution is 2.58. The van der Waals surface area contributed by atoms with Crippen molar-refractivity contribution in [2.24, 2.45) is 5.92 Å². The maximum Gasteiger partial charge on any atom is 0.319 e. The Morgan fingerprint density at radius 1 is 1.21 bits per heavy atom. The van der Waals surface area contributed by atoms with Gasteiger partial charge in [-0.15, -0.1) is 0 Å². The average molecular weight is 520 g/mol. The van der Waals surface area contributed by atoms with Crippen molar-refractivity contribution in [2.45, 2.75) is 37.6 Å². The predicted octanol–water partition coefficient (Wildman–Crippen LogP) is 4.58. The molecule has 0 radical (unpaired) electrons. The zero-order valence-electron chi connectivity index (χ0n) is 21.4. The molecule has 3 aromatic rings. The van der Waals surface area contributed by atoms with Crippen molar-refractivity contribution >= 4 is 22.6 Å². The summed E-state index contributed by atoms with van der Waals surface area (Å²) in [6, 6.07) is 10.1. The molecule has 3 atom stereocenters. The molecule has 2 N–H and O–H groups in total. The number of nitrogens with zero attached hydrogens (tertiary/aromatic N) is 3. The second kappa shape index (κ2) is 9.94. The third-order valence-electron chi connectivity index (χ3n) is 8.07. The molecule has 7 nitrogen and oxygen atoms in total. The van der Waals surface area contributed by atoms with Gasteiger partial charge in [0.15, 0.2) is 11.6 Å². The molecule has 9 heteroatoms. The van der Waals surface area contributed by atoms with Gasteiger partial charge in [-0.05, 0) is 73.9 Å². The number of amides is 1. The molecule has 0 spiro atoms. The van der Waals surface area contributed by atoms with Crippen LogP contribution in [0.5, 0.6) is 6.01 Å². The van der Waals surface area contributed by atoms with Crippen molar-refractivity contribution in [1.82, 2.24) is 20.2 Å². The number of rotatable bonds is 9. The summed E-state index contributed by atoms with van der Waals surface area (Å²) in [6.45, 7) is 4.79. The first-order chi connectivity index (χ1) is 18.4. The lowest BCUT2D eigenvalue weighted by Crippen LogP contribution is -2.31. The van der Waals surface area contributed by atoms with Crippen LogP contribution in [-0.4, -0.2) is 60.1 Å². The molecule has 2 heterocycles. The fraction of sp³-hybridized carbons (Fsp3) is 0.414. The van der Waals surface area contributed by atoms with Crippen LogP contribution in [0.4, 0.5) is 14.6 Å². The Labute approximate surface area is 220 Å². The number of carbonyl (C=O) groups is 1. The van der Waals surface area contributed by atoms with Crippen molar-refractivity contribution in [3.63, 3.8) is 0 Å². The number of carbonyl (C=O) groups excluding carboxylic acids is 1. The van der Waals surface area contributed by atoms with E-state index < -0.39 is 17.6 Å². The smallest absolute Gasteiger partial charge is 0.319 e. The Hall–Kier alpha value is -3.59. The molecule has 2 unspecified atom stereocenters. The molecule has 1 aliphatic heterocycles. The predicted molar refractivity (Wildman–Crippen MR) is 142 cm³/mol. The standard InChI is InChI=1S/C29H31F2N5O2/c1-16(30)28(37)33-11-10-32-27-22-9-8-21(20-7-3-5-17-13-18-14-23(18)24(17)20)25(31)26(22)34-29(35-27)38-15-19-6-4-12-36(19)2/h3,5,7-9,18-19,23H,1,4,6,10-15H2,2H3,(H,33,37)(H,32,34,35)/t18?,19-,23?/m0/s1. The fourth-order valence-electron chi connectivity index (χ4n) is 5.94. The molecule has 1 saturated heterocycles. The topological polar surface area (TPSA) is 79.4 Å². The Bertz CT molecular complexity index is 1430. The molecular formula is C29H31F2N5O2. The molecule has 1 saturated carbocycles. The lowest BCUT2D eigenvalue weighted by atomic mass is 9.93. The van der Waals surface area contributed by atoms with E-state index in [1.165, 1.54) is 17.5 Å². The minimum absolute atomic E-state index is 0.0954. The lowest BCUT2D eigenvalue weighted by molar-refractivity contribution is -0.118. The van der Waals surface area contributed by atoms with Crippen LogP contribution in [-0.2, 0) is 11.2 Å². The second-order valence-corrected chi connectivity index (χ2v) is 10.5. The largest absolute Gasteiger partial charge is 0.462 e. The number of hydrogen-bond acceptors (Lipinski definition) is 6. The third-order valence-corrected chi connectivity index (χ3v) is 8.07. The molecule has 2 aliphatic carbocycles. The SMILES string of the molecule is C=C(F)C(=O)NCCNc1nc(OC[C@@H]2CCCN2C)nc2c(F)c(-c3cccc4c3C3CC3C4)ccc12. The summed E-state index contributed by atoms with van der Waals surface area (Å²) in [5.41, 5.74) is 4.23. The number of hydrogen-bond donors (Lipinski definition) is 2. The fourth-order valence-corrected chi connectivity index (χ4v) is 5.94. The van der Waals surface area contributed by atoms with E-state index in [2.05, 4.69) is 45.2 Å². The van der Waals surface area contributed by atoms with Gasteiger partial charge in [0.2, 0.25) is 0 Å². The van der Waals surface area contributed by atoms with Gasteiger partial charge in [0.25, 0.3) is 5.91 Å². The highest BCUT2D eigenvalue weighted by Gasteiger charge is 2.46. The molecule has 3 aliphatic rings. The van der Waals surface area contributed by atoms with E-state index in [0.29, 0.717) is 35.2 Å². The Morgan fingerprint density at radius 3 is 2.87 bits per heavy atom. The van der Waals surface area contributed by atoms with Crippen LogP contribution < -0.4 is 15.4 Å². The van der Waals surface area contributed by atoms with Crippen molar-refractivity contribution in [3.05, 3.63) is 59.7 Å². The summed E-state index contributed by atoms with van der Waals surface area (Å²) < 4.78 is 35.2. The van der Waals surface area contributed by atoms with E-state index in [0.717, 1.165) is 31.4 Å². The molecule has 1 aromatic heterocycles. The van der Waals surface area contributed by atoms with Crippen LogP contribution >= 0.6 is 0 Å². The first-order valence-electron chi connectivity index (χ1n) is 13.2. The van der Waals surface area contributed by atoms with E-state index >= 15 is 4.39 Å². The van der Waals surface area contributed by atoms with E-state index in [1.807, 2.05) is 18.2 Å². The minimum Gasteiger partial charge on any atom is -0.462 e. The van der Waals surface area contributed by atoms with Gasteiger partial charge in [-0.2, -0.15) is 9.97 Å². The summed E-state index contributed by atoms with van der Waals surface area (Å²) in [5.74, 6) is -0.717. The van der Waals surface area contributed by atoms with Gasteiger partial charge in [-0.3, -0.25) is 4.79 Å². The minimum atomic E-state index is -1.05. The molecule has 2 aromatic carbocycles. The molecule has 0 bridgehead atoms. The zero-order valence-corrected chi connectivity index (χ0v) is 21.4. The summed E-state index contributed by atoms with van der Waals surface area (Å²) >= 11 is 0. The number of nitrogens with one attached hydrogen (secondary N) is 2. The van der Waals surface area contributed by atoms with E-state index in [9.17, 15) is 9.18 Å². The molecule has 1 amide bonds. The summed E-state index contributed by atoms with van der Waals surface area (Å²) in [4.78, 5) is 22.7. The van der Waals surface area contributed by atoms with Crippen molar-refractivity contribution in [3.8, 4) is 17.1 Å². The van der Waals surface area contributed by atoms with Gasteiger partial charge in [-0.25, -0.2) is 8.78 Å². The van der Waals surface area contributed by atoms with Gasteiger partial charge < -0.3 is 20.3 Å². The van der Waals surface area contributed by atoms with Crippen LogP contribution in [0.15, 0.2) is 42.7 Å². The Balaban J connectivity index is 1.33. The van der Waals surface area contributed by atoms with Gasteiger partial charge >= 0.3 is 6.01 Å². The van der Waals surface area contributed by atoms with Crippen molar-refractivity contribution < 1.29 is 18.3 Å². The number of benzene rings is 2. The summed E-state index contributed by atoms with van der Waals surface area (Å²) in [7, 11) is 2.06. The normalized spacial score (nSPS) is 21.7. The molecule has 6 rings (SSSR count). The first kappa shape index (κ1) is 24.7. The highest BCUT2D eigenvalue weighted by atomic mass is 19.1. The second-order valence-electron chi connectivity index (χ2n) is 10.5. The highest BCUT2D eigenvalue weighted by molar-refractivity contribution is 5.94. The number of aromatic nitrogens is 2. The number of likely N-dealkylation sites (N-methyl/N-ethyl adjacent to an activating group) is 1. The maximum atomic E-state index is 16.2. The molecule has 198 valence electrons. The number of fused-ring (bicyclic) bond motifs is 4. The van der Waals surface area contributed by atoms with E-state index in [-0.39, 0.29) is 30.7 Å². The van der Waals surface area contributed by atoms with Gasteiger partial charge in [-0.1, -0.05) is 30.8 Å². The molecule has 38 heavy (non-hydrogen) atoms. The zero-order chi connectivity index (χ0) is 26.4. The number of anilines is 1. The average Bonchev–Trinajstić information content (AvgIpc) is 3.38. The van der Waals surface area contributed by atoms with Crippen LogP contribution in [0.3, 0.4) is 0 Å².